The molecular weight excluding hydrogens is 260 g/mol. The normalized spacial score (nSPS) is 18.4. The van der Waals surface area contributed by atoms with Gasteiger partial charge in [0, 0.05) is 24.8 Å². The number of nitrogens with zero attached hydrogens (tertiary/aromatic N) is 1. The van der Waals surface area contributed by atoms with E-state index in [1.54, 1.807) is 12.1 Å². The predicted octanol–water partition coefficient (Wildman–Crippen LogP) is 0.0484. The molecule has 1 fully saturated rings. The monoisotopic (exact) mass is 276 g/mol. The largest absolute Gasteiger partial charge is 0.385 e. The van der Waals surface area contributed by atoms with Crippen LogP contribution in [0.4, 0.5) is 5.69 Å². The van der Waals surface area contributed by atoms with E-state index in [1.165, 1.54) is 6.20 Å². The van der Waals surface area contributed by atoms with E-state index in [0.717, 1.165) is 12.2 Å². The highest BCUT2D eigenvalue weighted by molar-refractivity contribution is 6.03. The molecule has 1 aliphatic heterocycles. The average molecular weight is 276 g/mol. The molecule has 0 spiro atoms. The zero-order valence-electron chi connectivity index (χ0n) is 11.1. The van der Waals surface area contributed by atoms with Gasteiger partial charge >= 0.3 is 0 Å². The molecule has 1 unspecified atom stereocenters. The van der Waals surface area contributed by atoms with Gasteiger partial charge in [-0.25, -0.2) is 0 Å². The van der Waals surface area contributed by atoms with Gasteiger partial charge in [-0.2, -0.15) is 0 Å². The Morgan fingerprint density at radius 2 is 2.30 bits per heavy atom. The third-order valence-electron chi connectivity index (χ3n) is 2.92. The molecule has 3 N–H and O–H groups in total. The van der Waals surface area contributed by atoms with E-state index in [2.05, 4.69) is 20.9 Å². The van der Waals surface area contributed by atoms with Crippen molar-refractivity contribution in [1.82, 2.24) is 15.6 Å². The number of rotatable bonds is 4. The van der Waals surface area contributed by atoms with Crippen LogP contribution in [0.5, 0.6) is 0 Å². The van der Waals surface area contributed by atoms with Crippen LogP contribution in [0.3, 0.4) is 0 Å². The lowest BCUT2D eigenvalue weighted by Crippen LogP contribution is -2.52. The maximum Gasteiger partial charge on any atom is 0.270 e. The highest BCUT2D eigenvalue weighted by Crippen LogP contribution is 2.09. The number of pyridine rings is 1. The summed E-state index contributed by atoms with van der Waals surface area (Å²) in [6, 6.07) is 2.68. The van der Waals surface area contributed by atoms with Crippen molar-refractivity contribution >= 4 is 23.4 Å². The van der Waals surface area contributed by atoms with Crippen molar-refractivity contribution in [2.24, 2.45) is 0 Å². The van der Waals surface area contributed by atoms with Crippen LogP contribution in [-0.4, -0.2) is 35.3 Å². The van der Waals surface area contributed by atoms with Gasteiger partial charge in [-0.3, -0.25) is 24.7 Å². The first kappa shape index (κ1) is 14.0. The molecule has 20 heavy (non-hydrogen) atoms. The molecule has 1 aromatic heterocycles. The molecule has 1 aromatic rings. The van der Waals surface area contributed by atoms with Crippen LogP contribution in [0.2, 0.25) is 0 Å². The van der Waals surface area contributed by atoms with Crippen molar-refractivity contribution in [3.63, 3.8) is 0 Å². The average Bonchev–Trinajstić information content (AvgIpc) is 2.42. The summed E-state index contributed by atoms with van der Waals surface area (Å²) in [5, 5.41) is 7.85. The predicted molar refractivity (Wildman–Crippen MR) is 72.0 cm³/mol. The second-order valence-corrected chi connectivity index (χ2v) is 4.44. The summed E-state index contributed by atoms with van der Waals surface area (Å²) in [6.45, 7) is 2.68. The molecule has 1 aliphatic rings. The fraction of sp³-hybridized carbons (Fsp3) is 0.385. The summed E-state index contributed by atoms with van der Waals surface area (Å²) in [5.41, 5.74) is 1.02. The van der Waals surface area contributed by atoms with Crippen molar-refractivity contribution in [3.8, 4) is 0 Å². The fourth-order valence-corrected chi connectivity index (χ4v) is 1.93. The number of amides is 3. The number of carbonyl (C=O) groups excluding carboxylic acids is 3. The summed E-state index contributed by atoms with van der Waals surface area (Å²) in [7, 11) is 0. The maximum atomic E-state index is 12.0. The van der Waals surface area contributed by atoms with Crippen LogP contribution in [-0.2, 0) is 9.59 Å². The van der Waals surface area contributed by atoms with E-state index in [4.69, 9.17) is 0 Å². The van der Waals surface area contributed by atoms with Gasteiger partial charge in [0.25, 0.3) is 5.91 Å². The number of hydrogen-bond acceptors (Lipinski definition) is 5. The van der Waals surface area contributed by atoms with Gasteiger partial charge < -0.3 is 10.6 Å². The van der Waals surface area contributed by atoms with E-state index in [1.807, 2.05) is 6.92 Å². The minimum Gasteiger partial charge on any atom is -0.385 e. The number of aromatic nitrogens is 1. The van der Waals surface area contributed by atoms with E-state index in [9.17, 15) is 14.4 Å². The lowest BCUT2D eigenvalue weighted by molar-refractivity contribution is -0.134. The standard InChI is InChI=1S/C13H16N4O3/c1-2-14-8-5-6-15-10(7-8)13(20)16-9-3-4-11(18)17-12(9)19/h5-7,9H,2-4H2,1H3,(H,14,15)(H,16,20)(H,17,18,19). The van der Waals surface area contributed by atoms with Crippen LogP contribution in [0.25, 0.3) is 0 Å². The van der Waals surface area contributed by atoms with Gasteiger partial charge in [0.2, 0.25) is 11.8 Å². The molecular formula is C13H16N4O3. The van der Waals surface area contributed by atoms with E-state index in [-0.39, 0.29) is 18.0 Å². The number of carbonyl (C=O) groups is 3. The smallest absolute Gasteiger partial charge is 0.270 e. The number of anilines is 1. The molecule has 0 bridgehead atoms. The molecule has 7 heteroatoms. The summed E-state index contributed by atoms with van der Waals surface area (Å²) >= 11 is 0. The Balaban J connectivity index is 2.02. The van der Waals surface area contributed by atoms with Crippen molar-refractivity contribution in [3.05, 3.63) is 24.0 Å². The Labute approximate surface area is 116 Å². The fourth-order valence-electron chi connectivity index (χ4n) is 1.93. The highest BCUT2D eigenvalue weighted by Gasteiger charge is 2.28. The van der Waals surface area contributed by atoms with Gasteiger partial charge in [-0.1, -0.05) is 0 Å². The van der Waals surface area contributed by atoms with Crippen molar-refractivity contribution in [2.45, 2.75) is 25.8 Å². The quantitative estimate of drug-likeness (QED) is 0.675. The Kier molecular flexibility index (Phi) is 4.29. The van der Waals surface area contributed by atoms with Crippen LogP contribution in [0.1, 0.15) is 30.3 Å². The zero-order valence-corrected chi connectivity index (χ0v) is 11.1. The van der Waals surface area contributed by atoms with E-state index in [0.29, 0.717) is 6.42 Å². The van der Waals surface area contributed by atoms with Crippen molar-refractivity contribution in [1.29, 1.82) is 0 Å². The van der Waals surface area contributed by atoms with Gasteiger partial charge in [-0.05, 0) is 25.5 Å². The molecule has 0 radical (unpaired) electrons. The third kappa shape index (κ3) is 3.31. The number of piperidine rings is 1. The van der Waals surface area contributed by atoms with E-state index < -0.39 is 17.9 Å². The molecule has 0 aromatic carbocycles. The zero-order chi connectivity index (χ0) is 14.5. The van der Waals surface area contributed by atoms with Crippen molar-refractivity contribution in [2.75, 3.05) is 11.9 Å². The number of imide groups is 1. The van der Waals surface area contributed by atoms with E-state index >= 15 is 0 Å². The third-order valence-corrected chi connectivity index (χ3v) is 2.92. The van der Waals surface area contributed by atoms with Crippen LogP contribution in [0.15, 0.2) is 18.3 Å². The minimum absolute atomic E-state index is 0.224. The van der Waals surface area contributed by atoms with Crippen LogP contribution < -0.4 is 16.0 Å². The summed E-state index contributed by atoms with van der Waals surface area (Å²) in [6.07, 6.45) is 2.06. The van der Waals surface area contributed by atoms with Crippen molar-refractivity contribution < 1.29 is 14.4 Å². The lowest BCUT2D eigenvalue weighted by atomic mass is 10.1. The Bertz CT molecular complexity index is 544. The van der Waals surface area contributed by atoms with Crippen LogP contribution in [0, 0.1) is 0 Å². The molecule has 2 heterocycles. The number of nitrogens with one attached hydrogen (secondary N) is 3. The molecule has 1 atom stereocenters. The topological polar surface area (TPSA) is 100 Å². The lowest BCUT2D eigenvalue weighted by Gasteiger charge is -2.21. The molecule has 106 valence electrons. The first-order chi connectivity index (χ1) is 9.60. The SMILES string of the molecule is CCNc1ccnc(C(=O)NC2CCC(=O)NC2=O)c1. The summed E-state index contributed by atoms with van der Waals surface area (Å²) in [5.74, 6) is -1.22. The van der Waals surface area contributed by atoms with Gasteiger partial charge in [-0.15, -0.1) is 0 Å². The Hall–Kier alpha value is -2.44. The van der Waals surface area contributed by atoms with Gasteiger partial charge in [0.05, 0.1) is 0 Å². The Morgan fingerprint density at radius 3 is 3.00 bits per heavy atom. The minimum atomic E-state index is -0.690. The maximum absolute atomic E-state index is 12.0. The van der Waals surface area contributed by atoms with Gasteiger partial charge in [0.15, 0.2) is 0 Å². The van der Waals surface area contributed by atoms with Gasteiger partial charge in [0.1, 0.15) is 11.7 Å². The summed E-state index contributed by atoms with van der Waals surface area (Å²) < 4.78 is 0. The molecule has 1 saturated heterocycles. The second kappa shape index (κ2) is 6.14. The Morgan fingerprint density at radius 1 is 1.50 bits per heavy atom. The molecule has 2 rings (SSSR count). The first-order valence-corrected chi connectivity index (χ1v) is 6.44. The summed E-state index contributed by atoms with van der Waals surface area (Å²) in [4.78, 5) is 38.6. The molecule has 0 saturated carbocycles. The highest BCUT2D eigenvalue weighted by atomic mass is 16.2. The second-order valence-electron chi connectivity index (χ2n) is 4.44. The molecule has 7 nitrogen and oxygen atoms in total. The van der Waals surface area contributed by atoms with Crippen LogP contribution >= 0.6 is 0 Å². The number of hydrogen-bond donors (Lipinski definition) is 3. The first-order valence-electron chi connectivity index (χ1n) is 6.44. The molecule has 0 aliphatic carbocycles. The molecule has 3 amide bonds.